The molecule has 0 unspecified atom stereocenters. The number of nitrogens with zero attached hydrogens (tertiary/aromatic N) is 1. The molecule has 0 amide bonds. The molecule has 0 saturated heterocycles. The molecule has 3 nitrogen and oxygen atoms in total. The number of anilines is 1. The van der Waals surface area contributed by atoms with Crippen LogP contribution in [0.4, 0.5) is 5.69 Å². The standard InChI is InChI=1S/C18H22N2O/c1-11(2)13-4-3-5-14-17(13)20-16-8-9-21-10-15(16)18(14)19-12-6-7-12/h3-5,11-12H,6-10H2,1-2H3,(H,19,20). The van der Waals surface area contributed by atoms with E-state index in [4.69, 9.17) is 9.72 Å². The van der Waals surface area contributed by atoms with Gasteiger partial charge < -0.3 is 10.1 Å². The summed E-state index contributed by atoms with van der Waals surface area (Å²) in [7, 11) is 0. The first-order valence-electron chi connectivity index (χ1n) is 8.02. The highest BCUT2D eigenvalue weighted by Gasteiger charge is 2.26. The number of ether oxygens (including phenoxy) is 1. The zero-order chi connectivity index (χ0) is 14.4. The predicted octanol–water partition coefficient (Wildman–Crippen LogP) is 4.01. The van der Waals surface area contributed by atoms with Crippen LogP contribution in [-0.2, 0) is 17.8 Å². The van der Waals surface area contributed by atoms with Crippen LogP contribution in [0, 0.1) is 0 Å². The number of pyridine rings is 1. The van der Waals surface area contributed by atoms with Gasteiger partial charge in [-0.25, -0.2) is 0 Å². The normalized spacial score (nSPS) is 18.0. The van der Waals surface area contributed by atoms with Gasteiger partial charge in [-0.15, -0.1) is 0 Å². The quantitative estimate of drug-likeness (QED) is 0.923. The van der Waals surface area contributed by atoms with E-state index in [1.54, 1.807) is 0 Å². The monoisotopic (exact) mass is 282 g/mol. The molecule has 0 spiro atoms. The summed E-state index contributed by atoms with van der Waals surface area (Å²) in [5, 5.41) is 4.99. The number of benzene rings is 1. The molecule has 0 bridgehead atoms. The minimum atomic E-state index is 0.493. The predicted molar refractivity (Wildman–Crippen MR) is 85.8 cm³/mol. The molecule has 1 aliphatic heterocycles. The van der Waals surface area contributed by atoms with E-state index in [0.29, 0.717) is 18.6 Å². The number of fused-ring (bicyclic) bond motifs is 2. The molecule has 21 heavy (non-hydrogen) atoms. The highest BCUT2D eigenvalue weighted by Crippen LogP contribution is 2.37. The summed E-state index contributed by atoms with van der Waals surface area (Å²) >= 11 is 0. The van der Waals surface area contributed by atoms with Gasteiger partial charge in [0, 0.05) is 23.4 Å². The Bertz CT molecular complexity index is 689. The van der Waals surface area contributed by atoms with Crippen molar-refractivity contribution in [2.75, 3.05) is 11.9 Å². The van der Waals surface area contributed by atoms with Gasteiger partial charge in [0.2, 0.25) is 0 Å². The van der Waals surface area contributed by atoms with E-state index in [1.165, 1.54) is 46.3 Å². The van der Waals surface area contributed by atoms with Crippen LogP contribution in [0.5, 0.6) is 0 Å². The zero-order valence-electron chi connectivity index (χ0n) is 12.8. The summed E-state index contributed by atoms with van der Waals surface area (Å²) in [5.74, 6) is 0.493. The van der Waals surface area contributed by atoms with E-state index >= 15 is 0 Å². The smallest absolute Gasteiger partial charge is 0.0760 e. The fraction of sp³-hybridized carbons (Fsp3) is 0.500. The Balaban J connectivity index is 1.98. The van der Waals surface area contributed by atoms with Crippen LogP contribution in [0.1, 0.15) is 49.4 Å². The van der Waals surface area contributed by atoms with Crippen molar-refractivity contribution in [3.63, 3.8) is 0 Å². The van der Waals surface area contributed by atoms with Crippen molar-refractivity contribution in [3.8, 4) is 0 Å². The largest absolute Gasteiger partial charge is 0.381 e. The Morgan fingerprint density at radius 1 is 1.29 bits per heavy atom. The van der Waals surface area contributed by atoms with Gasteiger partial charge in [0.05, 0.1) is 30.1 Å². The summed E-state index contributed by atoms with van der Waals surface area (Å²) in [6, 6.07) is 7.22. The highest BCUT2D eigenvalue weighted by molar-refractivity contribution is 5.95. The topological polar surface area (TPSA) is 34.2 Å². The lowest BCUT2D eigenvalue weighted by atomic mass is 9.96. The third kappa shape index (κ3) is 2.30. The Labute approximate surface area is 125 Å². The Morgan fingerprint density at radius 3 is 2.90 bits per heavy atom. The van der Waals surface area contributed by atoms with Gasteiger partial charge in [0.15, 0.2) is 0 Å². The van der Waals surface area contributed by atoms with Crippen LogP contribution in [-0.4, -0.2) is 17.6 Å². The number of hydrogen-bond donors (Lipinski definition) is 1. The van der Waals surface area contributed by atoms with Crippen LogP contribution in [0.2, 0.25) is 0 Å². The summed E-state index contributed by atoms with van der Waals surface area (Å²) < 4.78 is 5.69. The van der Waals surface area contributed by atoms with Crippen LogP contribution < -0.4 is 5.32 Å². The Hall–Kier alpha value is -1.61. The first-order chi connectivity index (χ1) is 10.2. The van der Waals surface area contributed by atoms with Crippen LogP contribution in [0.3, 0.4) is 0 Å². The molecule has 110 valence electrons. The number of hydrogen-bond acceptors (Lipinski definition) is 3. The average molecular weight is 282 g/mol. The average Bonchev–Trinajstić information content (AvgIpc) is 3.30. The van der Waals surface area contributed by atoms with Gasteiger partial charge in [-0.05, 0) is 24.3 Å². The molecular weight excluding hydrogens is 260 g/mol. The van der Waals surface area contributed by atoms with Gasteiger partial charge in [-0.2, -0.15) is 0 Å². The van der Waals surface area contributed by atoms with E-state index in [1.807, 2.05) is 0 Å². The third-order valence-corrected chi connectivity index (χ3v) is 4.51. The fourth-order valence-electron chi connectivity index (χ4n) is 3.17. The maximum Gasteiger partial charge on any atom is 0.0760 e. The second kappa shape index (κ2) is 4.99. The minimum absolute atomic E-state index is 0.493. The van der Waals surface area contributed by atoms with Gasteiger partial charge in [-0.1, -0.05) is 32.0 Å². The number of aromatic nitrogens is 1. The molecule has 3 heteroatoms. The summed E-state index contributed by atoms with van der Waals surface area (Å²) in [5.41, 5.74) is 6.31. The van der Waals surface area contributed by atoms with Crippen molar-refractivity contribution in [2.24, 2.45) is 0 Å². The Morgan fingerprint density at radius 2 is 2.14 bits per heavy atom. The van der Waals surface area contributed by atoms with Crippen molar-refractivity contribution in [1.29, 1.82) is 0 Å². The Kier molecular flexibility index (Phi) is 3.11. The second-order valence-corrected chi connectivity index (χ2v) is 6.53. The summed E-state index contributed by atoms with van der Waals surface area (Å²) in [6.07, 6.45) is 3.49. The molecule has 2 heterocycles. The molecule has 1 fully saturated rings. The van der Waals surface area contributed by atoms with E-state index in [-0.39, 0.29) is 0 Å². The molecule has 1 aromatic carbocycles. The zero-order valence-corrected chi connectivity index (χ0v) is 12.8. The van der Waals surface area contributed by atoms with Gasteiger partial charge in [-0.3, -0.25) is 4.98 Å². The molecule has 1 aromatic heterocycles. The lowest BCUT2D eigenvalue weighted by Gasteiger charge is -2.23. The van der Waals surface area contributed by atoms with Gasteiger partial charge in [0.25, 0.3) is 0 Å². The van der Waals surface area contributed by atoms with E-state index in [2.05, 4.69) is 37.4 Å². The van der Waals surface area contributed by atoms with E-state index in [9.17, 15) is 0 Å². The second-order valence-electron chi connectivity index (χ2n) is 6.53. The molecule has 1 saturated carbocycles. The van der Waals surface area contributed by atoms with Crippen molar-refractivity contribution < 1.29 is 4.74 Å². The SMILES string of the molecule is CC(C)c1cccc2c(NC3CC3)c3c(nc12)CCOC3. The van der Waals surface area contributed by atoms with Crippen molar-refractivity contribution in [3.05, 3.63) is 35.0 Å². The molecule has 2 aliphatic rings. The molecule has 1 aliphatic carbocycles. The molecule has 2 aromatic rings. The van der Waals surface area contributed by atoms with Gasteiger partial charge >= 0.3 is 0 Å². The van der Waals surface area contributed by atoms with E-state index in [0.717, 1.165) is 13.0 Å². The lowest BCUT2D eigenvalue weighted by Crippen LogP contribution is -2.16. The molecule has 1 N–H and O–H groups in total. The summed E-state index contributed by atoms with van der Waals surface area (Å²) in [4.78, 5) is 5.01. The van der Waals surface area contributed by atoms with Crippen molar-refractivity contribution in [2.45, 2.75) is 51.7 Å². The minimum Gasteiger partial charge on any atom is -0.381 e. The molecule has 0 atom stereocenters. The number of rotatable bonds is 3. The molecule has 4 rings (SSSR count). The van der Waals surface area contributed by atoms with E-state index < -0.39 is 0 Å². The van der Waals surface area contributed by atoms with Crippen LogP contribution in [0.25, 0.3) is 10.9 Å². The number of para-hydroxylation sites is 1. The molecule has 0 radical (unpaired) electrons. The third-order valence-electron chi connectivity index (χ3n) is 4.51. The van der Waals surface area contributed by atoms with Crippen LogP contribution >= 0.6 is 0 Å². The number of nitrogens with one attached hydrogen (secondary N) is 1. The maximum atomic E-state index is 5.69. The van der Waals surface area contributed by atoms with Gasteiger partial charge in [0.1, 0.15) is 0 Å². The van der Waals surface area contributed by atoms with Crippen molar-refractivity contribution >= 4 is 16.6 Å². The first kappa shape index (κ1) is 13.1. The molecular formula is C18H22N2O. The maximum absolute atomic E-state index is 5.69. The lowest BCUT2D eigenvalue weighted by molar-refractivity contribution is 0.110. The van der Waals surface area contributed by atoms with Crippen LogP contribution in [0.15, 0.2) is 18.2 Å². The summed E-state index contributed by atoms with van der Waals surface area (Å²) in [6.45, 7) is 5.97. The fourth-order valence-corrected chi connectivity index (χ4v) is 3.17. The first-order valence-corrected chi connectivity index (χ1v) is 8.02. The highest BCUT2D eigenvalue weighted by atomic mass is 16.5. The van der Waals surface area contributed by atoms with Crippen molar-refractivity contribution in [1.82, 2.24) is 4.98 Å².